The minimum atomic E-state index is 0.567. The lowest BCUT2D eigenvalue weighted by atomic mass is 10.1. The van der Waals surface area contributed by atoms with Crippen molar-refractivity contribution in [1.29, 1.82) is 0 Å². The van der Waals surface area contributed by atoms with E-state index in [1.165, 1.54) is 11.1 Å². The van der Waals surface area contributed by atoms with Crippen molar-refractivity contribution in [3.05, 3.63) is 71.8 Å². The standard InChI is InChI=1S/2C10H15N.OS/c2*1-9(11-2)8-10-6-4-3-5-7-10;1-2/h2*3-7,9,11H,8H2,1-2H3;. The maximum absolute atomic E-state index is 7.83. The third kappa shape index (κ3) is 11.0. The number of nitrogens with one attached hydrogen (secondary N) is 2. The number of hydrogen-bond donors (Lipinski definition) is 2. The van der Waals surface area contributed by atoms with E-state index in [9.17, 15) is 0 Å². The van der Waals surface area contributed by atoms with Crippen LogP contribution in [0.5, 0.6) is 0 Å². The Kier molecular flexibility index (Phi) is 13.9. The summed E-state index contributed by atoms with van der Waals surface area (Å²) >= 11 is 2.83. The van der Waals surface area contributed by atoms with Gasteiger partial charge < -0.3 is 10.6 Å². The summed E-state index contributed by atoms with van der Waals surface area (Å²) < 4.78 is 7.83. The van der Waals surface area contributed by atoms with Crippen LogP contribution < -0.4 is 10.6 Å². The molecule has 0 aromatic heterocycles. The lowest BCUT2D eigenvalue weighted by molar-refractivity contribution is 0.608. The molecule has 2 atom stereocenters. The van der Waals surface area contributed by atoms with Gasteiger partial charge in [-0.05, 0) is 51.9 Å². The van der Waals surface area contributed by atoms with E-state index in [0.717, 1.165) is 12.8 Å². The average molecular weight is 347 g/mol. The Morgan fingerprint density at radius 3 is 1.25 bits per heavy atom. The molecule has 0 aliphatic rings. The molecule has 2 aromatic carbocycles. The van der Waals surface area contributed by atoms with E-state index < -0.39 is 0 Å². The van der Waals surface area contributed by atoms with Crippen LogP contribution in [0.3, 0.4) is 0 Å². The van der Waals surface area contributed by atoms with Gasteiger partial charge in [-0.15, -0.1) is 0 Å². The van der Waals surface area contributed by atoms with Gasteiger partial charge in [-0.3, -0.25) is 0 Å². The second kappa shape index (κ2) is 14.9. The van der Waals surface area contributed by atoms with Crippen LogP contribution in [0.4, 0.5) is 0 Å². The Bertz CT molecular complexity index is 460. The zero-order valence-electron chi connectivity index (χ0n) is 15.2. The predicted molar refractivity (Wildman–Crippen MR) is 105 cm³/mol. The van der Waals surface area contributed by atoms with Crippen LogP contribution in [0.15, 0.2) is 60.7 Å². The molecular formula is C20H30N2OS. The number of benzene rings is 2. The van der Waals surface area contributed by atoms with Crippen LogP contribution in [-0.2, 0) is 25.4 Å². The lowest BCUT2D eigenvalue weighted by Crippen LogP contribution is -2.23. The molecule has 0 amide bonds. The van der Waals surface area contributed by atoms with Gasteiger partial charge in [0.15, 0.2) is 12.5 Å². The maximum Gasteiger partial charge on any atom is 0.197 e. The molecule has 0 aliphatic carbocycles. The highest BCUT2D eigenvalue weighted by Crippen LogP contribution is 2.02. The Morgan fingerprint density at radius 1 is 0.708 bits per heavy atom. The summed E-state index contributed by atoms with van der Waals surface area (Å²) in [4.78, 5) is 0. The largest absolute Gasteiger partial charge is 0.317 e. The van der Waals surface area contributed by atoms with Gasteiger partial charge in [-0.2, -0.15) is 4.21 Å². The third-order valence-corrected chi connectivity index (χ3v) is 3.76. The summed E-state index contributed by atoms with van der Waals surface area (Å²) in [5.74, 6) is 0. The fourth-order valence-electron chi connectivity index (χ4n) is 2.14. The minimum absolute atomic E-state index is 0.567. The summed E-state index contributed by atoms with van der Waals surface area (Å²) in [5.41, 5.74) is 2.80. The first kappa shape index (κ1) is 22.4. The topological polar surface area (TPSA) is 41.1 Å². The Hall–Kier alpha value is -1.62. The van der Waals surface area contributed by atoms with Crippen molar-refractivity contribution in [2.75, 3.05) is 14.1 Å². The van der Waals surface area contributed by atoms with Gasteiger partial charge in [0.05, 0.1) is 0 Å². The Balaban J connectivity index is 0.000000400. The van der Waals surface area contributed by atoms with E-state index in [1.807, 2.05) is 26.2 Å². The normalized spacial score (nSPS) is 12.0. The first-order valence-electron chi connectivity index (χ1n) is 8.24. The van der Waals surface area contributed by atoms with Crippen LogP contribution in [-0.4, -0.2) is 30.4 Å². The molecule has 3 nitrogen and oxygen atoms in total. The fraction of sp³-hybridized carbons (Fsp3) is 0.400. The minimum Gasteiger partial charge on any atom is -0.317 e. The summed E-state index contributed by atoms with van der Waals surface area (Å²) in [6.07, 6.45) is 2.22. The highest BCUT2D eigenvalue weighted by molar-refractivity contribution is 7.44. The number of rotatable bonds is 6. The molecule has 4 heteroatoms. The summed E-state index contributed by atoms with van der Waals surface area (Å²) in [5, 5.41) is 6.43. The van der Waals surface area contributed by atoms with E-state index in [0.29, 0.717) is 12.1 Å². The van der Waals surface area contributed by atoms with Gasteiger partial charge in [-0.1, -0.05) is 60.7 Å². The molecule has 2 aromatic rings. The molecule has 0 fully saturated rings. The molecule has 0 saturated heterocycles. The van der Waals surface area contributed by atoms with Crippen molar-refractivity contribution in [2.45, 2.75) is 38.8 Å². The number of hydrogen-bond acceptors (Lipinski definition) is 4. The van der Waals surface area contributed by atoms with Gasteiger partial charge in [-0.25, -0.2) is 0 Å². The molecule has 0 spiro atoms. The molecule has 24 heavy (non-hydrogen) atoms. The Morgan fingerprint density at radius 2 is 1.00 bits per heavy atom. The van der Waals surface area contributed by atoms with E-state index >= 15 is 0 Å². The zero-order chi connectivity index (χ0) is 18.2. The van der Waals surface area contributed by atoms with E-state index in [-0.39, 0.29) is 0 Å². The summed E-state index contributed by atoms with van der Waals surface area (Å²) in [6, 6.07) is 22.2. The van der Waals surface area contributed by atoms with Crippen molar-refractivity contribution < 1.29 is 4.21 Å². The van der Waals surface area contributed by atoms with Gasteiger partial charge in [0.1, 0.15) is 0 Å². The summed E-state index contributed by atoms with van der Waals surface area (Å²) in [7, 11) is 3.99. The van der Waals surface area contributed by atoms with E-state index in [2.05, 4.69) is 85.5 Å². The average Bonchev–Trinajstić information content (AvgIpc) is 2.65. The predicted octanol–water partition coefficient (Wildman–Crippen LogP) is 3.34. The van der Waals surface area contributed by atoms with Gasteiger partial charge in [0, 0.05) is 12.1 Å². The highest BCUT2D eigenvalue weighted by Gasteiger charge is 1.98. The van der Waals surface area contributed by atoms with E-state index in [1.54, 1.807) is 0 Å². The van der Waals surface area contributed by atoms with Crippen molar-refractivity contribution in [2.24, 2.45) is 0 Å². The Labute approximate surface area is 152 Å². The molecule has 132 valence electrons. The first-order valence-corrected chi connectivity index (χ1v) is 8.58. The first-order chi connectivity index (χ1) is 11.7. The number of likely N-dealkylation sites (N-methyl/N-ethyl adjacent to an activating group) is 2. The molecule has 0 bridgehead atoms. The zero-order valence-corrected chi connectivity index (χ0v) is 16.0. The van der Waals surface area contributed by atoms with E-state index in [4.69, 9.17) is 4.21 Å². The van der Waals surface area contributed by atoms with Crippen molar-refractivity contribution in [3.8, 4) is 0 Å². The van der Waals surface area contributed by atoms with Crippen LogP contribution in [0.2, 0.25) is 0 Å². The van der Waals surface area contributed by atoms with Crippen molar-refractivity contribution in [1.82, 2.24) is 10.6 Å². The molecule has 0 heterocycles. The van der Waals surface area contributed by atoms with Crippen LogP contribution in [0.25, 0.3) is 0 Å². The smallest absolute Gasteiger partial charge is 0.197 e. The van der Waals surface area contributed by atoms with Crippen molar-refractivity contribution in [3.63, 3.8) is 0 Å². The van der Waals surface area contributed by atoms with Gasteiger partial charge in [0.25, 0.3) is 0 Å². The molecule has 2 rings (SSSR count). The van der Waals surface area contributed by atoms with Crippen LogP contribution >= 0.6 is 0 Å². The SMILES string of the molecule is CNC(C)Cc1ccccc1.CNC(C)Cc1ccccc1.O=S. The monoisotopic (exact) mass is 346 g/mol. The van der Waals surface area contributed by atoms with Crippen LogP contribution in [0, 0.1) is 0 Å². The van der Waals surface area contributed by atoms with Gasteiger partial charge in [0.2, 0.25) is 0 Å². The second-order valence-corrected chi connectivity index (χ2v) is 5.76. The lowest BCUT2D eigenvalue weighted by Gasteiger charge is -2.08. The molecular weight excluding hydrogens is 316 g/mol. The quantitative estimate of drug-likeness (QED) is 0.842. The molecule has 2 unspecified atom stereocenters. The third-order valence-electron chi connectivity index (χ3n) is 3.76. The molecule has 2 N–H and O–H groups in total. The maximum atomic E-state index is 7.83. The van der Waals surface area contributed by atoms with Crippen LogP contribution in [0.1, 0.15) is 25.0 Å². The second-order valence-electron chi connectivity index (χ2n) is 5.76. The fourth-order valence-corrected chi connectivity index (χ4v) is 2.14. The molecule has 0 saturated carbocycles. The highest BCUT2D eigenvalue weighted by atomic mass is 32.1. The molecule has 0 aliphatic heterocycles. The van der Waals surface area contributed by atoms with Crippen molar-refractivity contribution >= 4 is 12.5 Å². The molecule has 0 radical (unpaired) electrons. The summed E-state index contributed by atoms with van der Waals surface area (Å²) in [6.45, 7) is 4.38. The van der Waals surface area contributed by atoms with Gasteiger partial charge >= 0.3 is 0 Å².